The summed E-state index contributed by atoms with van der Waals surface area (Å²) in [5, 5.41) is 7.28. The van der Waals surface area contributed by atoms with E-state index in [-0.39, 0.29) is 29.0 Å². The van der Waals surface area contributed by atoms with Crippen molar-refractivity contribution < 1.29 is 9.59 Å². The largest absolute Gasteiger partial charge is 0.341 e. The molecule has 3 aromatic rings. The van der Waals surface area contributed by atoms with Crippen LogP contribution in [0.1, 0.15) is 66.1 Å². The van der Waals surface area contributed by atoms with Gasteiger partial charge in [-0.3, -0.25) is 14.5 Å². The zero-order valence-electron chi connectivity index (χ0n) is 21.7. The molecule has 2 aliphatic heterocycles. The Morgan fingerprint density at radius 1 is 1.11 bits per heavy atom. The van der Waals surface area contributed by atoms with Gasteiger partial charge in [0.15, 0.2) is 0 Å². The number of aryl methyl sites for hydroxylation is 1. The van der Waals surface area contributed by atoms with E-state index in [1.165, 1.54) is 4.88 Å². The van der Waals surface area contributed by atoms with Crippen molar-refractivity contribution in [3.63, 3.8) is 0 Å². The quantitative estimate of drug-likeness (QED) is 0.445. The number of hydrogen-bond acceptors (Lipinski definition) is 5. The van der Waals surface area contributed by atoms with Gasteiger partial charge in [-0.25, -0.2) is 4.68 Å². The Kier molecular flexibility index (Phi) is 6.76. The number of likely N-dealkylation sites (tertiary alicyclic amines) is 1. The summed E-state index contributed by atoms with van der Waals surface area (Å²) < 4.78 is 1.94. The minimum absolute atomic E-state index is 0.0115. The van der Waals surface area contributed by atoms with Gasteiger partial charge in [0.05, 0.1) is 22.4 Å². The first-order valence-corrected chi connectivity index (χ1v) is 14.5. The van der Waals surface area contributed by atoms with Crippen LogP contribution in [-0.2, 0) is 15.0 Å². The van der Waals surface area contributed by atoms with Crippen molar-refractivity contribution in [2.75, 3.05) is 30.3 Å². The molecule has 0 spiro atoms. The van der Waals surface area contributed by atoms with Crippen LogP contribution < -0.4 is 4.90 Å². The number of aromatic nitrogens is 2. The molecule has 2 aliphatic rings. The average Bonchev–Trinajstić information content (AvgIpc) is 3.59. The lowest BCUT2D eigenvalue weighted by Gasteiger charge is -2.26. The van der Waals surface area contributed by atoms with Gasteiger partial charge < -0.3 is 4.90 Å². The Bertz CT molecular complexity index is 1280. The molecule has 36 heavy (non-hydrogen) atoms. The molecule has 6 nitrogen and oxygen atoms in total. The number of anilines is 1. The maximum atomic E-state index is 13.7. The third-order valence-electron chi connectivity index (χ3n) is 7.16. The Hall–Kier alpha value is -2.58. The highest BCUT2D eigenvalue weighted by atomic mass is 32.2. The van der Waals surface area contributed by atoms with Gasteiger partial charge in [0, 0.05) is 28.9 Å². The van der Waals surface area contributed by atoms with Crippen molar-refractivity contribution in [2.24, 2.45) is 0 Å². The highest BCUT2D eigenvalue weighted by Crippen LogP contribution is 2.49. The van der Waals surface area contributed by atoms with Crippen LogP contribution in [0.2, 0.25) is 0 Å². The van der Waals surface area contributed by atoms with Crippen molar-refractivity contribution >= 4 is 40.7 Å². The number of fused-ring (bicyclic) bond motifs is 1. The predicted octanol–water partition coefficient (Wildman–Crippen LogP) is 5.64. The lowest BCUT2D eigenvalue weighted by molar-refractivity contribution is -0.130. The molecule has 2 aromatic heterocycles. The van der Waals surface area contributed by atoms with Crippen LogP contribution in [0, 0.1) is 13.8 Å². The minimum atomic E-state index is -0.249. The first-order chi connectivity index (χ1) is 17.2. The molecule has 0 aliphatic carbocycles. The Balaban J connectivity index is 1.77. The zero-order valence-corrected chi connectivity index (χ0v) is 23.3. The molecule has 0 bridgehead atoms. The van der Waals surface area contributed by atoms with Crippen molar-refractivity contribution in [3.05, 3.63) is 63.0 Å². The number of nitrogens with zero attached hydrogens (tertiary/aromatic N) is 4. The van der Waals surface area contributed by atoms with Gasteiger partial charge in [-0.1, -0.05) is 39.0 Å². The lowest BCUT2D eigenvalue weighted by Crippen LogP contribution is -2.43. The van der Waals surface area contributed by atoms with E-state index in [4.69, 9.17) is 5.10 Å². The SMILES string of the molecule is Cc1cccc(-n2nc(C(C)(C)C)c3c2N(CC(=O)N2CCCC2)C(=O)CS[C@H]3c2cccs2)c1C. The van der Waals surface area contributed by atoms with Crippen molar-refractivity contribution in [1.29, 1.82) is 0 Å². The summed E-state index contributed by atoms with van der Waals surface area (Å²) in [6, 6.07) is 10.4. The molecule has 1 saturated heterocycles. The van der Waals surface area contributed by atoms with Crippen LogP contribution in [-0.4, -0.2) is 51.9 Å². The van der Waals surface area contributed by atoms with Gasteiger partial charge in [0.2, 0.25) is 11.8 Å². The summed E-state index contributed by atoms with van der Waals surface area (Å²) in [5.41, 5.74) is 5.00. The normalized spacial score (nSPS) is 18.5. The first-order valence-electron chi connectivity index (χ1n) is 12.6. The molecule has 4 heterocycles. The number of thioether (sulfide) groups is 1. The molecular weight excluding hydrogens is 488 g/mol. The van der Waals surface area contributed by atoms with Crippen molar-refractivity contribution in [1.82, 2.24) is 14.7 Å². The van der Waals surface area contributed by atoms with E-state index in [0.717, 1.165) is 59.8 Å². The third-order valence-corrected chi connectivity index (χ3v) is 9.48. The van der Waals surface area contributed by atoms with E-state index in [2.05, 4.69) is 64.3 Å². The molecule has 0 saturated carbocycles. The van der Waals surface area contributed by atoms with Gasteiger partial charge in [-0.2, -0.15) is 5.10 Å². The summed E-state index contributed by atoms with van der Waals surface area (Å²) >= 11 is 3.35. The van der Waals surface area contributed by atoms with Crippen LogP contribution in [0.15, 0.2) is 35.7 Å². The van der Waals surface area contributed by atoms with Crippen LogP contribution >= 0.6 is 23.1 Å². The molecule has 0 unspecified atom stereocenters. The highest BCUT2D eigenvalue weighted by molar-refractivity contribution is 8.00. The zero-order chi connectivity index (χ0) is 25.6. The fourth-order valence-electron chi connectivity index (χ4n) is 5.07. The number of amides is 2. The van der Waals surface area contributed by atoms with Crippen LogP contribution in [0.4, 0.5) is 5.82 Å². The van der Waals surface area contributed by atoms with E-state index < -0.39 is 0 Å². The van der Waals surface area contributed by atoms with E-state index in [1.807, 2.05) is 15.6 Å². The van der Waals surface area contributed by atoms with E-state index >= 15 is 0 Å². The molecule has 5 rings (SSSR count). The maximum absolute atomic E-state index is 13.7. The highest BCUT2D eigenvalue weighted by Gasteiger charge is 2.40. The van der Waals surface area contributed by atoms with E-state index in [1.54, 1.807) is 28.0 Å². The molecule has 8 heteroatoms. The van der Waals surface area contributed by atoms with E-state index in [0.29, 0.717) is 5.75 Å². The lowest BCUT2D eigenvalue weighted by atomic mass is 9.88. The average molecular weight is 523 g/mol. The number of benzene rings is 1. The van der Waals surface area contributed by atoms with E-state index in [9.17, 15) is 9.59 Å². The number of hydrogen-bond donors (Lipinski definition) is 0. The molecule has 1 aromatic carbocycles. The summed E-state index contributed by atoms with van der Waals surface area (Å²) in [6.07, 6.45) is 2.05. The first kappa shape index (κ1) is 25.1. The van der Waals surface area contributed by atoms with Gasteiger partial charge in [-0.05, 0) is 55.3 Å². The summed E-state index contributed by atoms with van der Waals surface area (Å²) in [6.45, 7) is 12.3. The van der Waals surface area contributed by atoms with Gasteiger partial charge in [0.1, 0.15) is 12.4 Å². The molecule has 1 atom stereocenters. The van der Waals surface area contributed by atoms with Gasteiger partial charge >= 0.3 is 0 Å². The molecule has 2 amide bonds. The topological polar surface area (TPSA) is 58.4 Å². The molecule has 0 N–H and O–H groups in total. The second-order valence-corrected chi connectivity index (χ2v) is 12.8. The molecule has 0 radical (unpaired) electrons. The minimum Gasteiger partial charge on any atom is -0.341 e. The van der Waals surface area contributed by atoms with Crippen LogP contribution in [0.3, 0.4) is 0 Å². The third kappa shape index (κ3) is 4.50. The summed E-state index contributed by atoms with van der Waals surface area (Å²) in [7, 11) is 0. The second kappa shape index (κ2) is 9.71. The second-order valence-electron chi connectivity index (χ2n) is 10.7. The summed E-state index contributed by atoms with van der Waals surface area (Å²) in [4.78, 5) is 31.9. The number of carbonyl (C=O) groups excluding carboxylic acids is 2. The Morgan fingerprint density at radius 3 is 2.53 bits per heavy atom. The number of carbonyl (C=O) groups is 2. The molecule has 1 fully saturated rings. The molecular formula is C28H34N4O2S2. The van der Waals surface area contributed by atoms with Gasteiger partial charge in [0.25, 0.3) is 0 Å². The summed E-state index contributed by atoms with van der Waals surface area (Å²) in [5.74, 6) is 1.03. The maximum Gasteiger partial charge on any atom is 0.242 e. The van der Waals surface area contributed by atoms with Crippen LogP contribution in [0.5, 0.6) is 0 Å². The fraction of sp³-hybridized carbons (Fsp3) is 0.464. The van der Waals surface area contributed by atoms with Gasteiger partial charge in [-0.15, -0.1) is 23.1 Å². The number of thiophene rings is 1. The Labute approximate surface area is 221 Å². The Morgan fingerprint density at radius 2 is 1.86 bits per heavy atom. The van der Waals surface area contributed by atoms with Crippen molar-refractivity contribution in [2.45, 2.75) is 58.1 Å². The number of rotatable bonds is 4. The predicted molar refractivity (Wildman–Crippen MR) is 149 cm³/mol. The fourth-order valence-corrected chi connectivity index (χ4v) is 7.25. The standard InChI is InChI=1S/C28H34N4O2S2/c1-18-10-8-11-20(19(18)2)32-27-24(26(29-32)28(3,4)5)25(21-12-9-15-35-21)36-17-23(34)31(27)16-22(33)30-13-6-7-14-30/h8-12,15,25H,6-7,13-14,16-17H2,1-5H3/t25-/m0/s1. The molecule has 190 valence electrons. The smallest absolute Gasteiger partial charge is 0.242 e. The van der Waals surface area contributed by atoms with Crippen LogP contribution in [0.25, 0.3) is 5.69 Å². The van der Waals surface area contributed by atoms with Crippen molar-refractivity contribution in [3.8, 4) is 5.69 Å². The monoisotopic (exact) mass is 522 g/mol.